The van der Waals surface area contributed by atoms with E-state index in [1.807, 2.05) is 24.3 Å². The lowest BCUT2D eigenvalue weighted by atomic mass is 10.1. The summed E-state index contributed by atoms with van der Waals surface area (Å²) in [5.74, 6) is -3.41. The van der Waals surface area contributed by atoms with Gasteiger partial charge in [0.25, 0.3) is 0 Å². The summed E-state index contributed by atoms with van der Waals surface area (Å²) < 4.78 is 4.59. The zero-order chi connectivity index (χ0) is 19.4. The largest absolute Gasteiger partial charge is 0.475 e. The van der Waals surface area contributed by atoms with Crippen LogP contribution in [0.2, 0.25) is 0 Å². The molecule has 0 aliphatic heterocycles. The van der Waals surface area contributed by atoms with Gasteiger partial charge >= 0.3 is 11.9 Å². The number of rotatable bonds is 7. The first-order valence-electron chi connectivity index (χ1n) is 7.98. The summed E-state index contributed by atoms with van der Waals surface area (Å²) in [6.45, 7) is 1.91. The molecule has 0 spiro atoms. The molecule has 1 N–H and O–H groups in total. The minimum absolute atomic E-state index is 0.0316. The SMILES string of the molecule is CCOC(=O)C(=O)Cc1ccccc1.O=C(O)C(=O)Cc1ccccc1. The Bertz CT molecular complexity index is 737. The van der Waals surface area contributed by atoms with E-state index < -0.39 is 23.5 Å². The molecule has 0 atom stereocenters. The van der Waals surface area contributed by atoms with Crippen molar-refractivity contribution in [2.75, 3.05) is 6.61 Å². The van der Waals surface area contributed by atoms with Gasteiger partial charge in [-0.2, -0.15) is 0 Å². The Morgan fingerprint density at radius 3 is 1.58 bits per heavy atom. The van der Waals surface area contributed by atoms with Crippen LogP contribution in [0.3, 0.4) is 0 Å². The smallest absolute Gasteiger partial charge is 0.374 e. The van der Waals surface area contributed by atoms with Crippen molar-refractivity contribution in [3.63, 3.8) is 0 Å². The summed E-state index contributed by atoms with van der Waals surface area (Å²) in [6.07, 6.45) is 0.0792. The molecular weight excluding hydrogens is 336 g/mol. The average Bonchev–Trinajstić information content (AvgIpc) is 2.64. The van der Waals surface area contributed by atoms with E-state index in [2.05, 4.69) is 4.74 Å². The van der Waals surface area contributed by atoms with E-state index in [-0.39, 0.29) is 19.4 Å². The van der Waals surface area contributed by atoms with Crippen LogP contribution in [0.4, 0.5) is 0 Å². The monoisotopic (exact) mass is 356 g/mol. The molecule has 0 heterocycles. The highest BCUT2D eigenvalue weighted by atomic mass is 16.5. The zero-order valence-electron chi connectivity index (χ0n) is 14.4. The second-order valence-corrected chi connectivity index (χ2v) is 5.20. The van der Waals surface area contributed by atoms with E-state index in [1.165, 1.54) is 0 Å². The van der Waals surface area contributed by atoms with Crippen LogP contribution >= 0.6 is 0 Å². The molecule has 0 aliphatic rings. The maximum atomic E-state index is 11.2. The van der Waals surface area contributed by atoms with E-state index >= 15 is 0 Å². The van der Waals surface area contributed by atoms with Crippen LogP contribution in [-0.2, 0) is 36.8 Å². The van der Waals surface area contributed by atoms with Gasteiger partial charge in [0.2, 0.25) is 11.6 Å². The van der Waals surface area contributed by atoms with Crippen molar-refractivity contribution in [2.24, 2.45) is 0 Å². The molecule has 0 saturated heterocycles. The van der Waals surface area contributed by atoms with Crippen LogP contribution in [-0.4, -0.2) is 35.2 Å². The second-order valence-electron chi connectivity index (χ2n) is 5.20. The molecule has 0 aliphatic carbocycles. The van der Waals surface area contributed by atoms with Gasteiger partial charge in [-0.15, -0.1) is 0 Å². The molecule has 2 rings (SSSR count). The van der Waals surface area contributed by atoms with E-state index in [1.54, 1.807) is 43.3 Å². The summed E-state index contributed by atoms with van der Waals surface area (Å²) in [4.78, 5) is 43.1. The third kappa shape index (κ3) is 8.01. The highest BCUT2D eigenvalue weighted by Crippen LogP contribution is 2.01. The lowest BCUT2D eigenvalue weighted by Gasteiger charge is -2.00. The molecule has 6 heteroatoms. The topological polar surface area (TPSA) is 97.7 Å². The fraction of sp³-hybridized carbons (Fsp3) is 0.200. The molecule has 0 radical (unpaired) electrons. The number of hydrogen-bond acceptors (Lipinski definition) is 5. The van der Waals surface area contributed by atoms with Crippen molar-refractivity contribution in [2.45, 2.75) is 19.8 Å². The van der Waals surface area contributed by atoms with Crippen molar-refractivity contribution in [1.82, 2.24) is 0 Å². The third-order valence-corrected chi connectivity index (χ3v) is 3.16. The predicted molar refractivity (Wildman–Crippen MR) is 94.6 cm³/mol. The number of ether oxygens (including phenoxy) is 1. The van der Waals surface area contributed by atoms with E-state index in [9.17, 15) is 19.2 Å². The number of benzene rings is 2. The maximum absolute atomic E-state index is 11.2. The first-order chi connectivity index (χ1) is 12.4. The van der Waals surface area contributed by atoms with E-state index in [0.717, 1.165) is 11.1 Å². The quantitative estimate of drug-likeness (QED) is 0.603. The van der Waals surface area contributed by atoms with Crippen LogP contribution in [0.25, 0.3) is 0 Å². The van der Waals surface area contributed by atoms with Crippen molar-refractivity contribution in [3.8, 4) is 0 Å². The Morgan fingerprint density at radius 1 is 0.769 bits per heavy atom. The fourth-order valence-electron chi connectivity index (χ4n) is 1.92. The summed E-state index contributed by atoms with van der Waals surface area (Å²) in [7, 11) is 0. The molecule has 2 aromatic rings. The van der Waals surface area contributed by atoms with Crippen LogP contribution in [0.15, 0.2) is 60.7 Å². The summed E-state index contributed by atoms with van der Waals surface area (Å²) in [6, 6.07) is 17.9. The minimum atomic E-state index is -1.38. The molecule has 136 valence electrons. The van der Waals surface area contributed by atoms with Crippen LogP contribution < -0.4 is 0 Å². The number of aliphatic carboxylic acids is 1. The molecule has 0 fully saturated rings. The predicted octanol–water partition coefficient (Wildman–Crippen LogP) is 2.24. The first-order valence-corrected chi connectivity index (χ1v) is 7.98. The summed E-state index contributed by atoms with van der Waals surface area (Å²) >= 11 is 0. The number of esters is 1. The van der Waals surface area contributed by atoms with Gasteiger partial charge in [0.05, 0.1) is 6.61 Å². The average molecular weight is 356 g/mol. The van der Waals surface area contributed by atoms with E-state index in [0.29, 0.717) is 0 Å². The Hall–Kier alpha value is -3.28. The minimum Gasteiger partial charge on any atom is -0.475 e. The number of carbonyl (C=O) groups excluding carboxylic acids is 3. The molecule has 0 saturated carbocycles. The van der Waals surface area contributed by atoms with Crippen molar-refractivity contribution in [3.05, 3.63) is 71.8 Å². The normalized spacial score (nSPS) is 9.42. The molecule has 0 amide bonds. The number of carboxylic acids is 1. The van der Waals surface area contributed by atoms with Crippen molar-refractivity contribution < 1.29 is 29.0 Å². The van der Waals surface area contributed by atoms with Gasteiger partial charge in [0, 0.05) is 12.8 Å². The van der Waals surface area contributed by atoms with Gasteiger partial charge in [0.1, 0.15) is 0 Å². The number of carboxylic acid groups (broad SMARTS) is 1. The zero-order valence-corrected chi connectivity index (χ0v) is 14.4. The molecule has 2 aromatic carbocycles. The Labute approximate surface area is 151 Å². The van der Waals surface area contributed by atoms with E-state index in [4.69, 9.17) is 5.11 Å². The van der Waals surface area contributed by atoms with Gasteiger partial charge in [0.15, 0.2) is 0 Å². The fourth-order valence-corrected chi connectivity index (χ4v) is 1.92. The van der Waals surface area contributed by atoms with Gasteiger partial charge in [-0.3, -0.25) is 9.59 Å². The number of ketones is 2. The third-order valence-electron chi connectivity index (χ3n) is 3.16. The highest BCUT2D eigenvalue weighted by Gasteiger charge is 2.14. The second kappa shape index (κ2) is 11.3. The summed E-state index contributed by atoms with van der Waals surface area (Å²) in [5, 5.41) is 8.29. The highest BCUT2D eigenvalue weighted by molar-refractivity contribution is 6.34. The summed E-state index contributed by atoms with van der Waals surface area (Å²) in [5.41, 5.74) is 1.55. The Balaban J connectivity index is 0.000000263. The molecular formula is C20H20O6. The molecule has 26 heavy (non-hydrogen) atoms. The lowest BCUT2D eigenvalue weighted by Crippen LogP contribution is -2.19. The van der Waals surface area contributed by atoms with Gasteiger partial charge < -0.3 is 9.84 Å². The molecule has 0 unspecified atom stereocenters. The number of Topliss-reactive ketones (excluding diaryl/α,β-unsaturated/α-hetero) is 2. The lowest BCUT2D eigenvalue weighted by molar-refractivity contribution is -0.153. The maximum Gasteiger partial charge on any atom is 0.374 e. The standard InChI is InChI=1S/C11H12O3.C9H8O3/c1-2-14-11(13)10(12)8-9-6-4-3-5-7-9;10-8(9(11)12)6-7-4-2-1-3-5-7/h3-7H,2,8H2,1H3;1-5H,6H2,(H,11,12). The Morgan fingerprint density at radius 2 is 1.19 bits per heavy atom. The van der Waals surface area contributed by atoms with Crippen LogP contribution in [0, 0.1) is 0 Å². The van der Waals surface area contributed by atoms with Crippen LogP contribution in [0.1, 0.15) is 18.1 Å². The van der Waals surface area contributed by atoms with Gasteiger partial charge in [-0.1, -0.05) is 60.7 Å². The number of hydrogen-bond donors (Lipinski definition) is 1. The van der Waals surface area contributed by atoms with Crippen molar-refractivity contribution in [1.29, 1.82) is 0 Å². The molecule has 0 bridgehead atoms. The molecule has 6 nitrogen and oxygen atoms in total. The van der Waals surface area contributed by atoms with Gasteiger partial charge in [-0.25, -0.2) is 9.59 Å². The van der Waals surface area contributed by atoms with Crippen LogP contribution in [0.5, 0.6) is 0 Å². The first kappa shape index (κ1) is 20.8. The van der Waals surface area contributed by atoms with Crippen molar-refractivity contribution >= 4 is 23.5 Å². The Kier molecular flexibility index (Phi) is 9.03. The number of carbonyl (C=O) groups is 4. The van der Waals surface area contributed by atoms with Gasteiger partial charge in [-0.05, 0) is 18.1 Å². The molecule has 0 aromatic heterocycles.